The van der Waals surface area contributed by atoms with Crippen LogP contribution in [-0.4, -0.2) is 42.0 Å². The first-order valence-corrected chi connectivity index (χ1v) is 10.2. The molecular weight excluding hydrogens is 334 g/mol. The molecule has 136 valence electrons. The number of hydrogen-bond acceptors (Lipinski definition) is 3. The minimum atomic E-state index is -0.0569. The van der Waals surface area contributed by atoms with Crippen molar-refractivity contribution in [1.82, 2.24) is 15.5 Å². The summed E-state index contributed by atoms with van der Waals surface area (Å²) in [5, 5.41) is 8.20. The first kappa shape index (κ1) is 18.0. The molecule has 1 saturated heterocycles. The summed E-state index contributed by atoms with van der Waals surface area (Å²) in [7, 11) is 0. The molecule has 1 aliphatic heterocycles. The summed E-state index contributed by atoms with van der Waals surface area (Å²) < 4.78 is 0. The number of rotatable bonds is 4. The Kier molecular flexibility index (Phi) is 6.50. The molecule has 3 amide bonds. The summed E-state index contributed by atoms with van der Waals surface area (Å²) in [5.74, 6) is -0.0569. The lowest BCUT2D eigenvalue weighted by molar-refractivity contribution is -0.117. The van der Waals surface area contributed by atoms with E-state index in [4.69, 9.17) is 0 Å². The minimum absolute atomic E-state index is 0.0569. The van der Waals surface area contributed by atoms with E-state index in [2.05, 4.69) is 10.6 Å². The van der Waals surface area contributed by atoms with Crippen LogP contribution in [0.15, 0.2) is 23.6 Å². The number of hydrogen-bond donors (Lipinski definition) is 2. The number of nitrogens with one attached hydrogen (secondary N) is 2. The number of carbonyl (C=O) groups excluding carboxylic acids is 2. The number of urea groups is 1. The normalized spacial score (nSPS) is 19.9. The Hall–Kier alpha value is -1.82. The minimum Gasteiger partial charge on any atom is -0.350 e. The van der Waals surface area contributed by atoms with Gasteiger partial charge in [0, 0.05) is 36.1 Å². The molecule has 2 aliphatic rings. The zero-order valence-electron chi connectivity index (χ0n) is 14.6. The van der Waals surface area contributed by atoms with Gasteiger partial charge in [0.05, 0.1) is 0 Å². The lowest BCUT2D eigenvalue weighted by Gasteiger charge is -2.34. The zero-order chi connectivity index (χ0) is 17.5. The second-order valence-corrected chi connectivity index (χ2v) is 7.88. The molecule has 25 heavy (non-hydrogen) atoms. The predicted octanol–water partition coefficient (Wildman–Crippen LogP) is 3.38. The third-order valence-corrected chi connectivity index (χ3v) is 5.84. The summed E-state index contributed by atoms with van der Waals surface area (Å²) in [6, 6.07) is 4.52. The molecule has 0 atom stereocenters. The van der Waals surface area contributed by atoms with Crippen LogP contribution in [0.2, 0.25) is 0 Å². The van der Waals surface area contributed by atoms with E-state index in [-0.39, 0.29) is 18.0 Å². The Morgan fingerprint density at radius 2 is 1.76 bits per heavy atom. The Morgan fingerprint density at radius 3 is 2.44 bits per heavy atom. The Labute approximate surface area is 153 Å². The van der Waals surface area contributed by atoms with Crippen molar-refractivity contribution in [1.29, 1.82) is 0 Å². The topological polar surface area (TPSA) is 61.4 Å². The molecule has 2 fully saturated rings. The monoisotopic (exact) mass is 361 g/mol. The Bertz CT molecular complexity index is 586. The molecule has 2 heterocycles. The smallest absolute Gasteiger partial charge is 0.317 e. The van der Waals surface area contributed by atoms with Crippen LogP contribution in [0.5, 0.6) is 0 Å². The first-order chi connectivity index (χ1) is 12.2. The van der Waals surface area contributed by atoms with Gasteiger partial charge in [-0.2, -0.15) is 0 Å². The summed E-state index contributed by atoms with van der Waals surface area (Å²) >= 11 is 1.61. The summed E-state index contributed by atoms with van der Waals surface area (Å²) in [5.41, 5.74) is 0. The van der Waals surface area contributed by atoms with Crippen molar-refractivity contribution in [3.8, 4) is 0 Å². The van der Waals surface area contributed by atoms with Crippen LogP contribution in [0.4, 0.5) is 4.79 Å². The molecule has 0 unspecified atom stereocenters. The van der Waals surface area contributed by atoms with E-state index in [1.54, 1.807) is 17.4 Å². The maximum absolute atomic E-state index is 12.3. The van der Waals surface area contributed by atoms with Crippen LogP contribution in [0.1, 0.15) is 49.8 Å². The van der Waals surface area contributed by atoms with E-state index >= 15 is 0 Å². The average Bonchev–Trinajstić information content (AvgIpc) is 3.15. The highest BCUT2D eigenvalue weighted by Gasteiger charge is 2.25. The lowest BCUT2D eigenvalue weighted by atomic mass is 9.95. The molecule has 3 rings (SSSR count). The maximum atomic E-state index is 12.3. The van der Waals surface area contributed by atoms with Gasteiger partial charge >= 0.3 is 6.03 Å². The van der Waals surface area contributed by atoms with E-state index in [0.29, 0.717) is 19.1 Å². The highest BCUT2D eigenvalue weighted by atomic mass is 32.1. The van der Waals surface area contributed by atoms with Crippen LogP contribution in [0, 0.1) is 0 Å². The van der Waals surface area contributed by atoms with Crippen LogP contribution >= 0.6 is 11.3 Å². The van der Waals surface area contributed by atoms with Gasteiger partial charge in [-0.15, -0.1) is 11.3 Å². The average molecular weight is 362 g/mol. The number of thiophene rings is 1. The van der Waals surface area contributed by atoms with E-state index in [9.17, 15) is 9.59 Å². The van der Waals surface area contributed by atoms with Crippen LogP contribution in [-0.2, 0) is 4.79 Å². The summed E-state index contributed by atoms with van der Waals surface area (Å²) in [6.45, 7) is 1.41. The van der Waals surface area contributed by atoms with Crippen molar-refractivity contribution in [2.45, 2.75) is 57.0 Å². The van der Waals surface area contributed by atoms with Gasteiger partial charge in [-0.3, -0.25) is 4.79 Å². The third-order valence-electron chi connectivity index (χ3n) is 5.00. The van der Waals surface area contributed by atoms with Gasteiger partial charge in [-0.1, -0.05) is 25.3 Å². The standard InChI is InChI=1S/C19H27N3O2S/c23-18(9-8-17-7-4-14-25-17)20-16-10-12-22(13-11-16)19(24)21-15-5-2-1-3-6-15/h4,7-9,14-16H,1-3,5-6,10-13H2,(H,20,23)(H,21,24)/b9-8+. The zero-order valence-corrected chi connectivity index (χ0v) is 15.4. The number of likely N-dealkylation sites (tertiary alicyclic amines) is 1. The van der Waals surface area contributed by atoms with Crippen molar-refractivity contribution in [2.75, 3.05) is 13.1 Å². The largest absolute Gasteiger partial charge is 0.350 e. The Balaban J connectivity index is 1.37. The number of nitrogens with zero attached hydrogens (tertiary/aromatic N) is 1. The molecular formula is C19H27N3O2S. The molecule has 6 heteroatoms. The van der Waals surface area contributed by atoms with Gasteiger partial charge in [-0.25, -0.2) is 4.79 Å². The molecule has 1 aliphatic carbocycles. The molecule has 1 saturated carbocycles. The Morgan fingerprint density at radius 1 is 1.04 bits per heavy atom. The van der Waals surface area contributed by atoms with E-state index in [1.165, 1.54) is 19.3 Å². The molecule has 0 radical (unpaired) electrons. The fourth-order valence-corrected chi connectivity index (χ4v) is 4.15. The molecule has 1 aromatic heterocycles. The fraction of sp³-hybridized carbons (Fsp3) is 0.579. The molecule has 2 N–H and O–H groups in total. The SMILES string of the molecule is O=C(/C=C/c1cccs1)NC1CCN(C(=O)NC2CCCCC2)CC1. The predicted molar refractivity (Wildman–Crippen MR) is 101 cm³/mol. The quantitative estimate of drug-likeness (QED) is 0.808. The molecule has 1 aromatic rings. The molecule has 5 nitrogen and oxygen atoms in total. The first-order valence-electron chi connectivity index (χ1n) is 9.28. The second-order valence-electron chi connectivity index (χ2n) is 6.90. The molecule has 0 spiro atoms. The van der Waals surface area contributed by atoms with E-state index in [1.807, 2.05) is 28.5 Å². The number of amides is 3. The highest BCUT2D eigenvalue weighted by Crippen LogP contribution is 2.18. The van der Waals surface area contributed by atoms with Gasteiger partial charge in [0.15, 0.2) is 0 Å². The fourth-order valence-electron chi connectivity index (χ4n) is 3.53. The van der Waals surface area contributed by atoms with Crippen molar-refractivity contribution >= 4 is 29.4 Å². The van der Waals surface area contributed by atoms with Crippen molar-refractivity contribution < 1.29 is 9.59 Å². The van der Waals surface area contributed by atoms with Crippen molar-refractivity contribution in [3.05, 3.63) is 28.5 Å². The summed E-state index contributed by atoms with van der Waals surface area (Å²) in [4.78, 5) is 27.3. The van der Waals surface area contributed by atoms with E-state index < -0.39 is 0 Å². The van der Waals surface area contributed by atoms with Crippen molar-refractivity contribution in [2.24, 2.45) is 0 Å². The van der Waals surface area contributed by atoms with Crippen LogP contribution in [0.3, 0.4) is 0 Å². The second kappa shape index (κ2) is 9.04. The van der Waals surface area contributed by atoms with Crippen LogP contribution in [0.25, 0.3) is 6.08 Å². The van der Waals surface area contributed by atoms with Gasteiger partial charge in [-0.05, 0) is 43.2 Å². The number of piperidine rings is 1. The van der Waals surface area contributed by atoms with Gasteiger partial charge in [0.2, 0.25) is 5.91 Å². The van der Waals surface area contributed by atoms with Gasteiger partial charge in [0.1, 0.15) is 0 Å². The van der Waals surface area contributed by atoms with Gasteiger partial charge in [0.25, 0.3) is 0 Å². The van der Waals surface area contributed by atoms with Gasteiger partial charge < -0.3 is 15.5 Å². The third kappa shape index (κ3) is 5.59. The van der Waals surface area contributed by atoms with E-state index in [0.717, 1.165) is 30.6 Å². The maximum Gasteiger partial charge on any atom is 0.317 e. The molecule has 0 bridgehead atoms. The lowest BCUT2D eigenvalue weighted by Crippen LogP contribution is -2.51. The van der Waals surface area contributed by atoms with Crippen LogP contribution < -0.4 is 10.6 Å². The number of carbonyl (C=O) groups is 2. The molecule has 0 aromatic carbocycles. The summed E-state index contributed by atoms with van der Waals surface area (Å²) in [6.07, 6.45) is 11.0. The highest BCUT2D eigenvalue weighted by molar-refractivity contribution is 7.10. The van der Waals surface area contributed by atoms with Crippen molar-refractivity contribution in [3.63, 3.8) is 0 Å².